The van der Waals surface area contributed by atoms with E-state index in [4.69, 9.17) is 16.3 Å². The zero-order valence-electron chi connectivity index (χ0n) is 19.0. The first-order chi connectivity index (χ1) is 17.3. The lowest BCUT2D eigenvalue weighted by Crippen LogP contribution is -2.38. The minimum atomic E-state index is -4.71. The number of ether oxygens (including phenoxy) is 1. The van der Waals surface area contributed by atoms with Crippen molar-refractivity contribution in [3.63, 3.8) is 0 Å². The number of rotatable bonds is 7. The standard InChI is InChI=1S/C23H22ClF3N6O2S/c24-20-19(22(34)28-12-17-2-1-9-36-17)30-21-18(23(25,26)27)10-15(14-33(20)21)16-11-29-32(13-16)4-3-31-5-7-35-8-6-31/h1-2,9-11,13-14H,3-8,12H2,(H,28,34). The zero-order valence-corrected chi connectivity index (χ0v) is 20.5. The molecule has 0 aliphatic carbocycles. The van der Waals surface area contributed by atoms with Crippen molar-refractivity contribution in [3.05, 3.63) is 63.5 Å². The van der Waals surface area contributed by atoms with Crippen molar-refractivity contribution in [2.45, 2.75) is 19.3 Å². The number of carbonyl (C=O) groups excluding carboxylic acids is 1. The molecule has 0 bridgehead atoms. The van der Waals surface area contributed by atoms with Crippen LogP contribution in [-0.2, 0) is 24.0 Å². The predicted molar refractivity (Wildman–Crippen MR) is 129 cm³/mol. The molecule has 1 aliphatic rings. The highest BCUT2D eigenvalue weighted by molar-refractivity contribution is 7.09. The zero-order chi connectivity index (χ0) is 25.3. The van der Waals surface area contributed by atoms with Crippen LogP contribution in [-0.4, -0.2) is 62.8 Å². The Hall–Kier alpha value is -2.93. The number of pyridine rings is 1. The fraction of sp³-hybridized carbons (Fsp3) is 0.348. The number of morpholine rings is 1. The molecule has 4 aromatic rings. The van der Waals surface area contributed by atoms with Crippen LogP contribution in [0.4, 0.5) is 13.2 Å². The number of hydrogen-bond donors (Lipinski definition) is 1. The normalized spacial score (nSPS) is 15.0. The van der Waals surface area contributed by atoms with Crippen LogP contribution in [0.3, 0.4) is 0 Å². The Labute approximate surface area is 213 Å². The molecule has 5 rings (SSSR count). The Kier molecular flexibility index (Phi) is 7.02. The number of fused-ring (bicyclic) bond motifs is 1. The molecule has 0 atom stereocenters. The van der Waals surface area contributed by atoms with Crippen LogP contribution in [0.5, 0.6) is 0 Å². The number of nitrogens with zero attached hydrogens (tertiary/aromatic N) is 5. The van der Waals surface area contributed by atoms with Crippen molar-refractivity contribution in [2.75, 3.05) is 32.8 Å². The highest BCUT2D eigenvalue weighted by Crippen LogP contribution is 2.37. The molecule has 1 N–H and O–H groups in total. The quantitative estimate of drug-likeness (QED) is 0.382. The second-order valence-corrected chi connectivity index (χ2v) is 9.68. The molecule has 190 valence electrons. The molecule has 1 aliphatic heterocycles. The van der Waals surface area contributed by atoms with Crippen molar-refractivity contribution < 1.29 is 22.7 Å². The molecule has 4 aromatic heterocycles. The van der Waals surface area contributed by atoms with Gasteiger partial charge in [-0.2, -0.15) is 18.3 Å². The Balaban J connectivity index is 1.43. The summed E-state index contributed by atoms with van der Waals surface area (Å²) >= 11 is 7.82. The second-order valence-electron chi connectivity index (χ2n) is 8.29. The average Bonchev–Trinajstić information content (AvgIpc) is 3.62. The Morgan fingerprint density at radius 1 is 1.19 bits per heavy atom. The number of amides is 1. The summed E-state index contributed by atoms with van der Waals surface area (Å²) in [6.45, 7) is 4.61. The summed E-state index contributed by atoms with van der Waals surface area (Å²) in [5.74, 6) is -0.650. The molecule has 5 heterocycles. The Morgan fingerprint density at radius 2 is 2.00 bits per heavy atom. The van der Waals surface area contributed by atoms with Crippen LogP contribution in [0.2, 0.25) is 5.15 Å². The van der Waals surface area contributed by atoms with E-state index >= 15 is 0 Å². The lowest BCUT2D eigenvalue weighted by atomic mass is 10.1. The molecule has 13 heteroatoms. The average molecular weight is 539 g/mol. The van der Waals surface area contributed by atoms with E-state index in [0.29, 0.717) is 25.3 Å². The number of alkyl halides is 3. The highest BCUT2D eigenvalue weighted by atomic mass is 35.5. The van der Waals surface area contributed by atoms with Gasteiger partial charge >= 0.3 is 6.18 Å². The van der Waals surface area contributed by atoms with Gasteiger partial charge < -0.3 is 10.1 Å². The van der Waals surface area contributed by atoms with E-state index < -0.39 is 23.3 Å². The minimum absolute atomic E-state index is 0.194. The number of hydrogen-bond acceptors (Lipinski definition) is 6. The number of halogens is 4. The lowest BCUT2D eigenvalue weighted by Gasteiger charge is -2.26. The molecule has 0 unspecified atom stereocenters. The van der Waals surface area contributed by atoms with Gasteiger partial charge in [-0.25, -0.2) is 4.98 Å². The monoisotopic (exact) mass is 538 g/mol. The van der Waals surface area contributed by atoms with Gasteiger partial charge in [0.2, 0.25) is 0 Å². The third kappa shape index (κ3) is 5.26. The third-order valence-electron chi connectivity index (χ3n) is 5.90. The fourth-order valence-electron chi connectivity index (χ4n) is 4.00. The smallest absolute Gasteiger partial charge is 0.379 e. The molecular weight excluding hydrogens is 517 g/mol. The van der Waals surface area contributed by atoms with E-state index in [-0.39, 0.29) is 23.0 Å². The van der Waals surface area contributed by atoms with Gasteiger partial charge in [0.15, 0.2) is 11.3 Å². The van der Waals surface area contributed by atoms with Gasteiger partial charge in [-0.1, -0.05) is 17.7 Å². The van der Waals surface area contributed by atoms with Gasteiger partial charge in [0.1, 0.15) is 5.15 Å². The first-order valence-electron chi connectivity index (χ1n) is 11.2. The van der Waals surface area contributed by atoms with E-state index in [1.807, 2.05) is 17.5 Å². The van der Waals surface area contributed by atoms with Crippen LogP contribution in [0, 0.1) is 0 Å². The number of thiophene rings is 1. The van der Waals surface area contributed by atoms with E-state index in [9.17, 15) is 18.0 Å². The summed E-state index contributed by atoms with van der Waals surface area (Å²) in [5, 5.41) is 8.64. The number of aromatic nitrogens is 4. The number of nitrogens with one attached hydrogen (secondary N) is 1. The summed E-state index contributed by atoms with van der Waals surface area (Å²) in [6.07, 6.45) is -0.0520. The summed E-state index contributed by atoms with van der Waals surface area (Å²) in [6, 6.07) is 4.69. The maximum Gasteiger partial charge on any atom is 0.420 e. The SMILES string of the molecule is O=C(NCc1cccs1)c1nc2c(C(F)(F)F)cc(-c3cnn(CCN4CCOCC4)c3)cn2c1Cl. The first-order valence-corrected chi connectivity index (χ1v) is 12.5. The van der Waals surface area contributed by atoms with Crippen LogP contribution < -0.4 is 5.32 Å². The van der Waals surface area contributed by atoms with E-state index in [2.05, 4.69) is 20.3 Å². The summed E-state index contributed by atoms with van der Waals surface area (Å²) < 4.78 is 50.1. The van der Waals surface area contributed by atoms with E-state index in [0.717, 1.165) is 35.0 Å². The minimum Gasteiger partial charge on any atom is -0.379 e. The van der Waals surface area contributed by atoms with Gasteiger partial charge in [0.25, 0.3) is 5.91 Å². The number of carbonyl (C=O) groups is 1. The van der Waals surface area contributed by atoms with Gasteiger partial charge in [-0.3, -0.25) is 18.8 Å². The molecule has 1 amide bonds. The summed E-state index contributed by atoms with van der Waals surface area (Å²) in [4.78, 5) is 19.8. The van der Waals surface area contributed by atoms with Gasteiger partial charge in [0, 0.05) is 48.0 Å². The molecular formula is C23H22ClF3N6O2S. The van der Waals surface area contributed by atoms with Crippen LogP contribution >= 0.6 is 22.9 Å². The van der Waals surface area contributed by atoms with Gasteiger partial charge in [-0.05, 0) is 17.5 Å². The van der Waals surface area contributed by atoms with Crippen LogP contribution in [0.15, 0.2) is 42.2 Å². The van der Waals surface area contributed by atoms with Crippen LogP contribution in [0.25, 0.3) is 16.8 Å². The maximum absolute atomic E-state index is 14.0. The van der Waals surface area contributed by atoms with E-state index in [1.54, 1.807) is 10.9 Å². The Bertz CT molecular complexity index is 1360. The predicted octanol–water partition coefficient (Wildman–Crippen LogP) is 4.19. The van der Waals surface area contributed by atoms with Gasteiger partial charge in [0.05, 0.1) is 38.1 Å². The molecule has 0 aromatic carbocycles. The van der Waals surface area contributed by atoms with Crippen molar-refractivity contribution in [2.24, 2.45) is 0 Å². The lowest BCUT2D eigenvalue weighted by molar-refractivity contribution is -0.136. The van der Waals surface area contributed by atoms with Crippen molar-refractivity contribution in [1.29, 1.82) is 0 Å². The largest absolute Gasteiger partial charge is 0.420 e. The van der Waals surface area contributed by atoms with Gasteiger partial charge in [-0.15, -0.1) is 11.3 Å². The highest BCUT2D eigenvalue weighted by Gasteiger charge is 2.36. The Morgan fingerprint density at radius 3 is 2.72 bits per heavy atom. The van der Waals surface area contributed by atoms with E-state index in [1.165, 1.54) is 23.7 Å². The summed E-state index contributed by atoms with van der Waals surface area (Å²) in [7, 11) is 0. The first kappa shape index (κ1) is 24.8. The topological polar surface area (TPSA) is 76.7 Å². The third-order valence-corrected chi connectivity index (χ3v) is 7.14. The molecule has 36 heavy (non-hydrogen) atoms. The molecule has 1 fully saturated rings. The summed E-state index contributed by atoms with van der Waals surface area (Å²) in [5.41, 5.74) is -0.926. The maximum atomic E-state index is 14.0. The fourth-order valence-corrected chi connectivity index (χ4v) is 4.90. The van der Waals surface area contributed by atoms with Crippen molar-refractivity contribution in [1.82, 2.24) is 29.4 Å². The number of imidazole rings is 1. The molecule has 8 nitrogen and oxygen atoms in total. The molecule has 0 spiro atoms. The van der Waals surface area contributed by atoms with Crippen molar-refractivity contribution in [3.8, 4) is 11.1 Å². The molecule has 0 saturated carbocycles. The second kappa shape index (κ2) is 10.2. The van der Waals surface area contributed by atoms with Crippen molar-refractivity contribution >= 4 is 34.5 Å². The van der Waals surface area contributed by atoms with Crippen LogP contribution in [0.1, 0.15) is 20.9 Å². The molecule has 0 radical (unpaired) electrons. The molecule has 1 saturated heterocycles.